The predicted molar refractivity (Wildman–Crippen MR) is 123 cm³/mol. The lowest BCUT2D eigenvalue weighted by atomic mass is 10.2. The lowest BCUT2D eigenvalue weighted by Gasteiger charge is -2.11. The molecular formula is C23H27N7O. The third-order valence-electron chi connectivity index (χ3n) is 5.01. The maximum Gasteiger partial charge on any atom is 0.225 e. The van der Waals surface area contributed by atoms with E-state index in [0.29, 0.717) is 18.3 Å². The van der Waals surface area contributed by atoms with Crippen molar-refractivity contribution >= 4 is 28.6 Å². The van der Waals surface area contributed by atoms with Crippen molar-refractivity contribution in [3.05, 3.63) is 59.4 Å². The average molecular weight is 418 g/mol. The molecule has 8 heteroatoms. The van der Waals surface area contributed by atoms with Crippen LogP contribution in [0.4, 0.5) is 17.6 Å². The zero-order valence-corrected chi connectivity index (χ0v) is 18.3. The summed E-state index contributed by atoms with van der Waals surface area (Å²) in [5, 5.41) is 11.4. The fourth-order valence-corrected chi connectivity index (χ4v) is 3.46. The van der Waals surface area contributed by atoms with Gasteiger partial charge in [0.05, 0.1) is 12.8 Å². The standard InChI is InChI=1S/C23H27N7O/c1-5-6-18-20-21(30(3)29-18)22(26-19-13-15(2)11-12-24-19)28-23(27-20)25-14-16-7-9-17(31-4)10-8-16/h7-13H,5-6,14H2,1-4H3,(H2,24,25,26,27,28). The van der Waals surface area contributed by atoms with Crippen LogP contribution < -0.4 is 15.4 Å². The number of rotatable bonds is 8. The largest absolute Gasteiger partial charge is 0.497 e. The number of methoxy groups -OCH3 is 1. The molecule has 3 heterocycles. The molecule has 0 saturated heterocycles. The molecule has 0 amide bonds. The van der Waals surface area contributed by atoms with Crippen LogP contribution in [-0.2, 0) is 20.0 Å². The molecule has 0 aliphatic rings. The van der Waals surface area contributed by atoms with E-state index in [0.717, 1.165) is 52.3 Å². The van der Waals surface area contributed by atoms with Crippen molar-refractivity contribution in [3.8, 4) is 5.75 Å². The summed E-state index contributed by atoms with van der Waals surface area (Å²) in [6.45, 7) is 4.77. The second-order valence-electron chi connectivity index (χ2n) is 7.46. The van der Waals surface area contributed by atoms with Crippen molar-refractivity contribution in [2.24, 2.45) is 7.05 Å². The molecule has 4 rings (SSSR count). The van der Waals surface area contributed by atoms with Crippen molar-refractivity contribution in [3.63, 3.8) is 0 Å². The van der Waals surface area contributed by atoms with E-state index >= 15 is 0 Å². The van der Waals surface area contributed by atoms with Crippen molar-refractivity contribution in [1.82, 2.24) is 24.7 Å². The summed E-state index contributed by atoms with van der Waals surface area (Å²) >= 11 is 0. The number of aromatic nitrogens is 5. The van der Waals surface area contributed by atoms with E-state index in [-0.39, 0.29) is 0 Å². The first kappa shape index (κ1) is 20.6. The summed E-state index contributed by atoms with van der Waals surface area (Å²) in [5.41, 5.74) is 4.92. The van der Waals surface area contributed by atoms with Gasteiger partial charge in [-0.2, -0.15) is 10.1 Å². The topological polar surface area (TPSA) is 89.8 Å². The van der Waals surface area contributed by atoms with Gasteiger partial charge in [-0.15, -0.1) is 0 Å². The highest BCUT2D eigenvalue weighted by Gasteiger charge is 2.17. The summed E-state index contributed by atoms with van der Waals surface area (Å²) in [7, 11) is 3.58. The van der Waals surface area contributed by atoms with Crippen molar-refractivity contribution in [1.29, 1.82) is 0 Å². The third-order valence-corrected chi connectivity index (χ3v) is 5.01. The van der Waals surface area contributed by atoms with Crippen LogP contribution in [0.15, 0.2) is 42.6 Å². The fraction of sp³-hybridized carbons (Fsp3) is 0.304. The highest BCUT2D eigenvalue weighted by molar-refractivity contribution is 5.90. The van der Waals surface area contributed by atoms with E-state index in [4.69, 9.17) is 14.7 Å². The minimum Gasteiger partial charge on any atom is -0.497 e. The van der Waals surface area contributed by atoms with Gasteiger partial charge in [0.25, 0.3) is 0 Å². The second-order valence-corrected chi connectivity index (χ2v) is 7.46. The van der Waals surface area contributed by atoms with Gasteiger partial charge >= 0.3 is 0 Å². The van der Waals surface area contributed by atoms with Gasteiger partial charge in [0.2, 0.25) is 5.95 Å². The highest BCUT2D eigenvalue weighted by Crippen LogP contribution is 2.27. The molecule has 0 bridgehead atoms. The Kier molecular flexibility index (Phi) is 5.97. The number of fused-ring (bicyclic) bond motifs is 1. The number of ether oxygens (including phenoxy) is 1. The van der Waals surface area contributed by atoms with Gasteiger partial charge in [-0.1, -0.05) is 25.5 Å². The Morgan fingerprint density at radius 3 is 2.61 bits per heavy atom. The quantitative estimate of drug-likeness (QED) is 0.440. The smallest absolute Gasteiger partial charge is 0.225 e. The zero-order valence-electron chi connectivity index (χ0n) is 18.3. The number of pyridine rings is 1. The monoisotopic (exact) mass is 417 g/mol. The van der Waals surface area contributed by atoms with E-state index in [1.807, 2.05) is 55.1 Å². The van der Waals surface area contributed by atoms with E-state index in [2.05, 4.69) is 27.6 Å². The molecule has 3 aromatic heterocycles. The molecule has 160 valence electrons. The van der Waals surface area contributed by atoms with Gasteiger partial charge < -0.3 is 15.4 Å². The van der Waals surface area contributed by atoms with Crippen molar-refractivity contribution in [2.75, 3.05) is 17.7 Å². The zero-order chi connectivity index (χ0) is 21.8. The van der Waals surface area contributed by atoms with Crippen LogP contribution in [0, 0.1) is 6.92 Å². The summed E-state index contributed by atoms with van der Waals surface area (Å²) in [5.74, 6) is 2.79. The second kappa shape index (κ2) is 8.99. The molecule has 2 N–H and O–H groups in total. The number of anilines is 3. The molecule has 4 aromatic rings. The van der Waals surface area contributed by atoms with Crippen molar-refractivity contribution in [2.45, 2.75) is 33.2 Å². The number of hydrogen-bond donors (Lipinski definition) is 2. The lowest BCUT2D eigenvalue weighted by Crippen LogP contribution is -2.07. The number of hydrogen-bond acceptors (Lipinski definition) is 7. The summed E-state index contributed by atoms with van der Waals surface area (Å²) in [6.07, 6.45) is 3.63. The van der Waals surface area contributed by atoms with Crippen LogP contribution >= 0.6 is 0 Å². The van der Waals surface area contributed by atoms with E-state index in [1.54, 1.807) is 13.3 Å². The number of nitrogens with one attached hydrogen (secondary N) is 2. The summed E-state index contributed by atoms with van der Waals surface area (Å²) in [6, 6.07) is 11.9. The first-order valence-corrected chi connectivity index (χ1v) is 10.4. The Morgan fingerprint density at radius 2 is 1.90 bits per heavy atom. The normalized spacial score (nSPS) is 11.0. The molecule has 0 aliphatic heterocycles. The Hall–Kier alpha value is -3.68. The Labute approximate surface area is 181 Å². The van der Waals surface area contributed by atoms with Gasteiger partial charge in [-0.25, -0.2) is 9.97 Å². The van der Waals surface area contributed by atoms with Crippen LogP contribution in [0.2, 0.25) is 0 Å². The molecule has 0 aliphatic carbocycles. The van der Waals surface area contributed by atoms with E-state index in [1.165, 1.54) is 0 Å². The number of benzene rings is 1. The van der Waals surface area contributed by atoms with E-state index < -0.39 is 0 Å². The summed E-state index contributed by atoms with van der Waals surface area (Å²) < 4.78 is 7.07. The summed E-state index contributed by atoms with van der Waals surface area (Å²) in [4.78, 5) is 14.0. The first-order valence-electron chi connectivity index (χ1n) is 10.4. The molecule has 0 atom stereocenters. The van der Waals surface area contributed by atoms with Crippen LogP contribution in [0.3, 0.4) is 0 Å². The predicted octanol–water partition coefficient (Wildman–Crippen LogP) is 4.38. The van der Waals surface area contributed by atoms with E-state index in [9.17, 15) is 0 Å². The minimum atomic E-state index is 0.545. The van der Waals surface area contributed by atoms with Gasteiger partial charge in [-0.3, -0.25) is 4.68 Å². The van der Waals surface area contributed by atoms with Gasteiger partial charge in [0.1, 0.15) is 22.6 Å². The molecule has 0 radical (unpaired) electrons. The van der Waals surface area contributed by atoms with Crippen molar-refractivity contribution < 1.29 is 4.74 Å². The SMILES string of the molecule is CCCc1nn(C)c2c(Nc3cc(C)ccn3)nc(NCc3ccc(OC)cc3)nc12. The Morgan fingerprint density at radius 1 is 1.10 bits per heavy atom. The third kappa shape index (κ3) is 4.58. The maximum absolute atomic E-state index is 5.23. The average Bonchev–Trinajstić information content (AvgIpc) is 3.08. The van der Waals surface area contributed by atoms with Crippen LogP contribution in [0.25, 0.3) is 11.0 Å². The minimum absolute atomic E-state index is 0.545. The van der Waals surface area contributed by atoms with Crippen LogP contribution in [0.1, 0.15) is 30.2 Å². The molecule has 0 unspecified atom stereocenters. The van der Waals surface area contributed by atoms with Crippen LogP contribution in [-0.4, -0.2) is 31.8 Å². The molecule has 0 fully saturated rings. The Bertz CT molecular complexity index is 1180. The maximum atomic E-state index is 5.23. The first-order chi connectivity index (χ1) is 15.1. The van der Waals surface area contributed by atoms with Gasteiger partial charge in [-0.05, 0) is 48.7 Å². The molecule has 31 heavy (non-hydrogen) atoms. The number of nitrogens with zero attached hydrogens (tertiary/aromatic N) is 5. The molecule has 1 aromatic carbocycles. The lowest BCUT2D eigenvalue weighted by molar-refractivity contribution is 0.414. The molecular weight excluding hydrogens is 390 g/mol. The Balaban J connectivity index is 1.69. The number of aryl methyl sites for hydroxylation is 3. The molecule has 0 saturated carbocycles. The van der Waals surface area contributed by atoms with Gasteiger partial charge in [0.15, 0.2) is 5.82 Å². The van der Waals surface area contributed by atoms with Gasteiger partial charge in [0, 0.05) is 19.8 Å². The molecule has 0 spiro atoms. The highest BCUT2D eigenvalue weighted by atomic mass is 16.5. The fourth-order valence-electron chi connectivity index (χ4n) is 3.46. The van der Waals surface area contributed by atoms with Crippen LogP contribution in [0.5, 0.6) is 5.75 Å². The molecule has 8 nitrogen and oxygen atoms in total.